The van der Waals surface area contributed by atoms with Crippen LogP contribution in [0, 0.1) is 38.5 Å². The van der Waals surface area contributed by atoms with E-state index in [-0.39, 0.29) is 11.0 Å². The van der Waals surface area contributed by atoms with Crippen LogP contribution in [0.25, 0.3) is 11.8 Å². The maximum Gasteiger partial charge on any atom is 0.335 e. The summed E-state index contributed by atoms with van der Waals surface area (Å²) >= 11 is 6.38. The summed E-state index contributed by atoms with van der Waals surface area (Å²) in [6.07, 6.45) is 9.46. The molecule has 5 aliphatic rings. The maximum absolute atomic E-state index is 13.7. The Morgan fingerprint density at radius 1 is 0.902 bits per heavy atom. The van der Waals surface area contributed by atoms with E-state index in [0.29, 0.717) is 10.7 Å². The van der Waals surface area contributed by atoms with Gasteiger partial charge in [-0.3, -0.25) is 14.9 Å². The Balaban J connectivity index is 1.20. The molecular weight excluding hydrogens is 534 g/mol. The molecule has 2 heterocycles. The second kappa shape index (κ2) is 9.45. The van der Waals surface area contributed by atoms with Gasteiger partial charge in [0.05, 0.1) is 5.69 Å². The van der Waals surface area contributed by atoms with Crippen molar-refractivity contribution in [2.75, 3.05) is 4.90 Å². The normalized spacial score (nSPS) is 28.1. The highest BCUT2D eigenvalue weighted by Gasteiger charge is 2.51. The lowest BCUT2D eigenvalue weighted by atomic mass is 9.48. The first kappa shape index (κ1) is 26.3. The third-order valence-corrected chi connectivity index (χ3v) is 10.5. The molecule has 4 amide bonds. The number of urea groups is 1. The summed E-state index contributed by atoms with van der Waals surface area (Å²) in [4.78, 5) is 40.6. The van der Waals surface area contributed by atoms with Crippen LogP contribution in [-0.4, -0.2) is 22.4 Å². The van der Waals surface area contributed by atoms with E-state index in [1.54, 1.807) is 6.08 Å². The molecule has 41 heavy (non-hydrogen) atoms. The summed E-state index contributed by atoms with van der Waals surface area (Å²) in [6.45, 7) is 5.88. The van der Waals surface area contributed by atoms with Crippen molar-refractivity contribution in [1.29, 1.82) is 0 Å². The predicted octanol–water partition coefficient (Wildman–Crippen LogP) is 7.19. The van der Waals surface area contributed by atoms with E-state index in [0.717, 1.165) is 50.9 Å². The molecule has 2 aromatic carbocycles. The minimum atomic E-state index is -0.722. The smallest absolute Gasteiger partial charge is 0.318 e. The zero-order chi connectivity index (χ0) is 28.6. The molecule has 1 saturated heterocycles. The summed E-state index contributed by atoms with van der Waals surface area (Å²) in [5, 5.41) is 3.04. The molecule has 1 N–H and O–H groups in total. The van der Waals surface area contributed by atoms with E-state index >= 15 is 0 Å². The van der Waals surface area contributed by atoms with Gasteiger partial charge in [-0.2, -0.15) is 0 Å². The lowest BCUT2D eigenvalue weighted by Gasteiger charge is -2.57. The first-order valence-corrected chi connectivity index (χ1v) is 15.0. The molecule has 4 bridgehead atoms. The Labute approximate surface area is 245 Å². The van der Waals surface area contributed by atoms with Gasteiger partial charge in [0.2, 0.25) is 0 Å². The average Bonchev–Trinajstić information content (AvgIpc) is 3.20. The van der Waals surface area contributed by atoms with Crippen molar-refractivity contribution >= 4 is 41.2 Å². The molecule has 0 unspecified atom stereocenters. The van der Waals surface area contributed by atoms with Crippen LogP contribution in [0.5, 0.6) is 0 Å². The molecule has 5 fully saturated rings. The van der Waals surface area contributed by atoms with E-state index in [1.165, 1.54) is 44.1 Å². The molecule has 210 valence electrons. The van der Waals surface area contributed by atoms with Crippen molar-refractivity contribution in [2.24, 2.45) is 17.8 Å². The lowest BCUT2D eigenvalue weighted by Crippen LogP contribution is -2.54. The van der Waals surface area contributed by atoms with Gasteiger partial charge in [-0.05, 0) is 136 Å². The molecule has 6 nitrogen and oxygen atoms in total. The van der Waals surface area contributed by atoms with Crippen LogP contribution >= 0.6 is 11.6 Å². The number of halogens is 1. The minimum absolute atomic E-state index is 0.0715. The van der Waals surface area contributed by atoms with Crippen molar-refractivity contribution in [2.45, 2.75) is 64.7 Å². The van der Waals surface area contributed by atoms with Gasteiger partial charge in [0.25, 0.3) is 11.8 Å². The molecule has 1 aromatic heterocycles. The molecule has 4 aliphatic carbocycles. The largest absolute Gasteiger partial charge is 0.335 e. The van der Waals surface area contributed by atoms with Gasteiger partial charge >= 0.3 is 6.03 Å². The molecule has 8 rings (SSSR count). The fraction of sp³-hybridized carbons (Fsp3) is 0.382. The number of anilines is 1. The number of amides is 4. The highest BCUT2D eigenvalue weighted by molar-refractivity contribution is 6.39. The third kappa shape index (κ3) is 4.18. The average molecular weight is 568 g/mol. The summed E-state index contributed by atoms with van der Waals surface area (Å²) < 4.78 is 2.06. The number of carbonyl (C=O) groups is 3. The highest BCUT2D eigenvalue weighted by Crippen LogP contribution is 2.60. The first-order valence-electron chi connectivity index (χ1n) is 14.6. The zero-order valence-corrected chi connectivity index (χ0v) is 24.4. The Kier molecular flexibility index (Phi) is 6.06. The number of hydrogen-bond acceptors (Lipinski definition) is 3. The van der Waals surface area contributed by atoms with Crippen molar-refractivity contribution in [1.82, 2.24) is 9.88 Å². The summed E-state index contributed by atoms with van der Waals surface area (Å²) in [7, 11) is 0. The number of imide groups is 2. The monoisotopic (exact) mass is 567 g/mol. The van der Waals surface area contributed by atoms with E-state index in [2.05, 4.69) is 22.0 Å². The van der Waals surface area contributed by atoms with Crippen LogP contribution in [-0.2, 0) is 15.0 Å². The minimum Gasteiger partial charge on any atom is -0.318 e. The van der Waals surface area contributed by atoms with E-state index in [4.69, 9.17) is 11.6 Å². The Hall–Kier alpha value is -3.64. The van der Waals surface area contributed by atoms with Gasteiger partial charge in [0, 0.05) is 22.1 Å². The quantitative estimate of drug-likeness (QED) is 0.268. The molecule has 4 saturated carbocycles. The molecule has 0 spiro atoms. The maximum atomic E-state index is 13.7. The van der Waals surface area contributed by atoms with Crippen LogP contribution in [0.15, 0.2) is 54.1 Å². The summed E-state index contributed by atoms with van der Waals surface area (Å²) in [5.74, 6) is 1.19. The molecule has 1 aliphatic heterocycles. The van der Waals surface area contributed by atoms with Crippen LogP contribution < -0.4 is 10.2 Å². The third-order valence-electron chi connectivity index (χ3n) is 10.1. The van der Waals surface area contributed by atoms with E-state index < -0.39 is 17.8 Å². The van der Waals surface area contributed by atoms with Crippen LogP contribution in [0.2, 0.25) is 5.02 Å². The second-order valence-electron chi connectivity index (χ2n) is 12.7. The summed E-state index contributed by atoms with van der Waals surface area (Å²) in [5.41, 5.74) is 6.36. The van der Waals surface area contributed by atoms with Gasteiger partial charge in [0.1, 0.15) is 5.57 Å². The topological polar surface area (TPSA) is 71.4 Å². The predicted molar refractivity (Wildman–Crippen MR) is 160 cm³/mol. The number of benzene rings is 2. The Morgan fingerprint density at radius 2 is 1.54 bits per heavy atom. The van der Waals surface area contributed by atoms with Crippen molar-refractivity contribution in [3.63, 3.8) is 0 Å². The van der Waals surface area contributed by atoms with Crippen molar-refractivity contribution in [3.05, 3.63) is 87.2 Å². The van der Waals surface area contributed by atoms with Crippen LogP contribution in [0.3, 0.4) is 0 Å². The second-order valence-corrected chi connectivity index (χ2v) is 13.2. The number of rotatable bonds is 4. The Morgan fingerprint density at radius 3 is 2.17 bits per heavy atom. The molecule has 0 atom stereocenters. The lowest BCUT2D eigenvalue weighted by molar-refractivity contribution is -0.122. The molecular formula is C34H34ClN3O3. The van der Waals surface area contributed by atoms with Crippen LogP contribution in [0.1, 0.15) is 66.6 Å². The zero-order valence-electron chi connectivity index (χ0n) is 23.7. The number of nitrogens with one attached hydrogen (secondary N) is 1. The Bertz CT molecular complexity index is 1610. The number of aromatic nitrogens is 1. The van der Waals surface area contributed by atoms with Gasteiger partial charge in [-0.1, -0.05) is 29.8 Å². The van der Waals surface area contributed by atoms with Gasteiger partial charge in [0.15, 0.2) is 0 Å². The van der Waals surface area contributed by atoms with Gasteiger partial charge < -0.3 is 4.57 Å². The highest BCUT2D eigenvalue weighted by atomic mass is 35.5. The molecule has 0 radical (unpaired) electrons. The van der Waals surface area contributed by atoms with Gasteiger partial charge in [-0.25, -0.2) is 9.69 Å². The molecule has 3 aromatic rings. The van der Waals surface area contributed by atoms with E-state index in [9.17, 15) is 14.4 Å². The van der Waals surface area contributed by atoms with Crippen molar-refractivity contribution < 1.29 is 14.4 Å². The standard InChI is InChI=1S/C34H34ClN3O3/c1-19-11-25(21(3)37(19)30-6-4-5-29(35)20(30)2)15-28-31(39)36-33(41)38(32(28)40)27-9-7-26(8-10-27)34-16-22-12-23(17-34)14-24(13-22)18-34/h4-11,15,22-24H,12-14,16-18H2,1-3H3,(H,36,39,41)/b28-15+. The van der Waals surface area contributed by atoms with E-state index in [1.807, 2.05) is 57.2 Å². The first-order chi connectivity index (χ1) is 19.6. The number of hydrogen-bond donors (Lipinski definition) is 1. The number of barbiturate groups is 1. The number of nitrogens with zero attached hydrogens (tertiary/aromatic N) is 2. The number of aryl methyl sites for hydroxylation is 1. The fourth-order valence-electron chi connectivity index (χ4n) is 8.62. The number of carbonyl (C=O) groups excluding carboxylic acids is 3. The van der Waals surface area contributed by atoms with Gasteiger partial charge in [-0.15, -0.1) is 0 Å². The fourth-order valence-corrected chi connectivity index (χ4v) is 8.79. The van der Waals surface area contributed by atoms with Crippen molar-refractivity contribution in [3.8, 4) is 5.69 Å². The van der Waals surface area contributed by atoms with Crippen LogP contribution in [0.4, 0.5) is 10.5 Å². The molecule has 7 heteroatoms. The SMILES string of the molecule is Cc1c(Cl)cccc1-n1c(C)cc(/C=C2\C(=O)NC(=O)N(c3ccc(C45CC6CC(CC(C6)C4)C5)cc3)C2=O)c1C. The summed E-state index contributed by atoms with van der Waals surface area (Å²) in [6, 6.07) is 14.9.